The Hall–Kier alpha value is -2.22. The van der Waals surface area contributed by atoms with E-state index in [2.05, 4.69) is 20.5 Å². The molecule has 4 rings (SSSR count). The predicted octanol–water partition coefficient (Wildman–Crippen LogP) is 6.40. The second kappa shape index (κ2) is 7.89. The van der Waals surface area contributed by atoms with Crippen molar-refractivity contribution in [3.05, 3.63) is 86.7 Å². The molecule has 1 aromatic heterocycles. The summed E-state index contributed by atoms with van der Waals surface area (Å²) in [5.41, 5.74) is 4.54. The number of aryl methyl sites for hydroxylation is 1. The Labute approximate surface area is 186 Å². The van der Waals surface area contributed by atoms with Gasteiger partial charge in [0.2, 0.25) is 0 Å². The van der Waals surface area contributed by atoms with Gasteiger partial charge in [0, 0.05) is 21.5 Å². The summed E-state index contributed by atoms with van der Waals surface area (Å²) in [6.07, 6.45) is 1.86. The van der Waals surface area contributed by atoms with Crippen molar-refractivity contribution in [3.8, 4) is 5.69 Å². The summed E-state index contributed by atoms with van der Waals surface area (Å²) in [6, 6.07) is 16.0. The minimum absolute atomic E-state index is 0.237. The fraction of sp³-hybridized carbons (Fsp3) is 0.0909. The number of carbonyl (C=O) groups excluding carboxylic acids is 1. The molecule has 0 aliphatic carbocycles. The normalized spacial score (nSPS) is 15.6. The van der Waals surface area contributed by atoms with Crippen LogP contribution in [0.5, 0.6) is 0 Å². The van der Waals surface area contributed by atoms with E-state index in [0.717, 1.165) is 27.1 Å². The molecule has 0 unspecified atom stereocenters. The molecule has 0 saturated carbocycles. The van der Waals surface area contributed by atoms with E-state index in [1.165, 1.54) is 28.8 Å². The van der Waals surface area contributed by atoms with Crippen molar-refractivity contribution in [3.63, 3.8) is 0 Å². The first-order chi connectivity index (χ1) is 13.8. The molecule has 1 aliphatic heterocycles. The van der Waals surface area contributed by atoms with Crippen LogP contribution in [0, 0.1) is 19.7 Å². The molecule has 1 amide bonds. The van der Waals surface area contributed by atoms with E-state index in [0.29, 0.717) is 14.9 Å². The zero-order valence-corrected chi connectivity index (χ0v) is 18.9. The summed E-state index contributed by atoms with van der Waals surface area (Å²) in [6.45, 7) is 4.05. The quantitative estimate of drug-likeness (QED) is 0.316. The second-order valence-electron chi connectivity index (χ2n) is 6.64. The molecule has 2 aromatic carbocycles. The lowest BCUT2D eigenvalue weighted by atomic mass is 10.2. The van der Waals surface area contributed by atoms with Crippen LogP contribution in [0.3, 0.4) is 0 Å². The third-order valence-electron chi connectivity index (χ3n) is 4.70. The highest BCUT2D eigenvalue weighted by atomic mass is 79.9. The zero-order chi connectivity index (χ0) is 20.7. The van der Waals surface area contributed by atoms with E-state index in [9.17, 15) is 9.18 Å². The number of thiocarbonyl (C=S) groups is 1. The van der Waals surface area contributed by atoms with Gasteiger partial charge in [-0.2, -0.15) is 0 Å². The summed E-state index contributed by atoms with van der Waals surface area (Å²) >= 11 is 10.1. The van der Waals surface area contributed by atoms with Crippen molar-refractivity contribution < 1.29 is 9.18 Å². The van der Waals surface area contributed by atoms with Crippen LogP contribution >= 0.6 is 39.9 Å². The Morgan fingerprint density at radius 3 is 2.48 bits per heavy atom. The molecular weight excluding hydrogens is 471 g/mol. The Kier molecular flexibility index (Phi) is 5.46. The van der Waals surface area contributed by atoms with Crippen molar-refractivity contribution in [1.82, 2.24) is 4.57 Å². The van der Waals surface area contributed by atoms with Crippen LogP contribution in [-0.4, -0.2) is 14.8 Å². The van der Waals surface area contributed by atoms with Gasteiger partial charge in [-0.25, -0.2) is 4.39 Å². The summed E-state index contributed by atoms with van der Waals surface area (Å²) < 4.78 is 17.2. The Morgan fingerprint density at radius 1 is 1.07 bits per heavy atom. The van der Waals surface area contributed by atoms with Gasteiger partial charge >= 0.3 is 0 Å². The zero-order valence-electron chi connectivity index (χ0n) is 15.6. The summed E-state index contributed by atoms with van der Waals surface area (Å²) in [7, 11) is 0. The van der Waals surface area contributed by atoms with Gasteiger partial charge in [-0.1, -0.05) is 46.0 Å². The van der Waals surface area contributed by atoms with Gasteiger partial charge in [0.05, 0.1) is 10.6 Å². The van der Waals surface area contributed by atoms with Crippen molar-refractivity contribution in [2.75, 3.05) is 4.90 Å². The standard InChI is InChI=1S/C22H16BrFN2OS2/c1-13-10-15(14(2)25(13)18-8-6-16(23)7-9-18)11-20-21(27)26(22(28)29-20)19-5-3-4-17(24)12-19/h3-12H,1-2H3/b20-11+. The topological polar surface area (TPSA) is 25.2 Å². The van der Waals surface area contributed by atoms with Crippen LogP contribution in [0.25, 0.3) is 11.8 Å². The molecule has 3 nitrogen and oxygen atoms in total. The molecule has 1 saturated heterocycles. The molecule has 0 radical (unpaired) electrons. The van der Waals surface area contributed by atoms with Gasteiger partial charge in [-0.05, 0) is 74.0 Å². The minimum atomic E-state index is -0.404. The van der Waals surface area contributed by atoms with E-state index in [-0.39, 0.29) is 5.91 Å². The molecule has 0 atom stereocenters. The number of nitrogens with zero attached hydrogens (tertiary/aromatic N) is 2. The Balaban J connectivity index is 1.70. The van der Waals surface area contributed by atoms with Gasteiger partial charge in [0.15, 0.2) is 4.32 Å². The Morgan fingerprint density at radius 2 is 1.79 bits per heavy atom. The number of carbonyl (C=O) groups is 1. The SMILES string of the molecule is Cc1cc(/C=C2/SC(=S)N(c3cccc(F)c3)C2=O)c(C)n1-c1ccc(Br)cc1. The lowest BCUT2D eigenvalue weighted by Gasteiger charge is -2.14. The number of hydrogen-bond donors (Lipinski definition) is 0. The lowest BCUT2D eigenvalue weighted by molar-refractivity contribution is -0.113. The first kappa shape index (κ1) is 20.1. The lowest BCUT2D eigenvalue weighted by Crippen LogP contribution is -2.27. The number of aromatic nitrogens is 1. The predicted molar refractivity (Wildman–Crippen MR) is 125 cm³/mol. The van der Waals surface area contributed by atoms with Crippen LogP contribution in [0.4, 0.5) is 10.1 Å². The van der Waals surface area contributed by atoms with E-state index >= 15 is 0 Å². The minimum Gasteiger partial charge on any atom is -0.318 e. The first-order valence-corrected chi connectivity index (χ1v) is 10.9. The van der Waals surface area contributed by atoms with Gasteiger partial charge in [0.25, 0.3) is 5.91 Å². The van der Waals surface area contributed by atoms with Crippen molar-refractivity contribution in [1.29, 1.82) is 0 Å². The second-order valence-corrected chi connectivity index (χ2v) is 9.23. The third kappa shape index (κ3) is 3.82. The van der Waals surface area contributed by atoms with Crippen LogP contribution in [0.2, 0.25) is 0 Å². The average molecular weight is 487 g/mol. The molecule has 7 heteroatoms. The fourth-order valence-corrected chi connectivity index (χ4v) is 4.92. The van der Waals surface area contributed by atoms with Gasteiger partial charge < -0.3 is 4.57 Å². The van der Waals surface area contributed by atoms with Gasteiger partial charge in [-0.3, -0.25) is 9.69 Å². The summed E-state index contributed by atoms with van der Waals surface area (Å²) in [4.78, 5) is 14.9. The fourth-order valence-electron chi connectivity index (χ4n) is 3.37. The van der Waals surface area contributed by atoms with Gasteiger partial charge in [-0.15, -0.1) is 0 Å². The number of amides is 1. The molecule has 29 heavy (non-hydrogen) atoms. The number of thioether (sulfide) groups is 1. The highest BCUT2D eigenvalue weighted by Gasteiger charge is 2.33. The number of benzene rings is 2. The van der Waals surface area contributed by atoms with Crippen LogP contribution in [0.1, 0.15) is 17.0 Å². The summed E-state index contributed by atoms with van der Waals surface area (Å²) in [5.74, 6) is -0.641. The number of halogens is 2. The number of hydrogen-bond acceptors (Lipinski definition) is 3. The first-order valence-electron chi connectivity index (χ1n) is 8.83. The van der Waals surface area contributed by atoms with E-state index in [1.54, 1.807) is 12.1 Å². The molecule has 0 bridgehead atoms. The highest BCUT2D eigenvalue weighted by molar-refractivity contribution is 9.10. The molecule has 0 N–H and O–H groups in total. The monoisotopic (exact) mass is 486 g/mol. The molecule has 0 spiro atoms. The Bertz CT molecular complexity index is 1170. The van der Waals surface area contributed by atoms with Crippen LogP contribution in [-0.2, 0) is 4.79 Å². The van der Waals surface area contributed by atoms with Crippen LogP contribution < -0.4 is 4.90 Å². The van der Waals surface area contributed by atoms with Crippen LogP contribution in [0.15, 0.2) is 64.0 Å². The number of rotatable bonds is 3. The molecule has 3 aromatic rings. The average Bonchev–Trinajstić information content (AvgIpc) is 3.11. The van der Waals surface area contributed by atoms with E-state index < -0.39 is 5.82 Å². The maximum Gasteiger partial charge on any atom is 0.270 e. The molecule has 2 heterocycles. The van der Waals surface area contributed by atoms with Crippen molar-refractivity contribution in [2.45, 2.75) is 13.8 Å². The van der Waals surface area contributed by atoms with Crippen molar-refractivity contribution in [2.24, 2.45) is 0 Å². The smallest absolute Gasteiger partial charge is 0.270 e. The highest BCUT2D eigenvalue weighted by Crippen LogP contribution is 2.37. The molecule has 1 fully saturated rings. The maximum atomic E-state index is 13.6. The van der Waals surface area contributed by atoms with Gasteiger partial charge in [0.1, 0.15) is 5.82 Å². The third-order valence-corrected chi connectivity index (χ3v) is 6.53. The van der Waals surface area contributed by atoms with E-state index in [4.69, 9.17) is 12.2 Å². The molecule has 146 valence electrons. The molecule has 1 aliphatic rings. The summed E-state index contributed by atoms with van der Waals surface area (Å²) in [5, 5.41) is 0. The van der Waals surface area contributed by atoms with Crippen molar-refractivity contribution >= 4 is 61.9 Å². The maximum absolute atomic E-state index is 13.6. The van der Waals surface area contributed by atoms with E-state index in [1.807, 2.05) is 50.3 Å². The largest absolute Gasteiger partial charge is 0.318 e. The number of anilines is 1. The molecular formula is C22H16BrFN2OS2.